The molecule has 3 fully saturated rings. The zero-order valence-corrected chi connectivity index (χ0v) is 64.1. The Morgan fingerprint density at radius 2 is 1.15 bits per heavy atom. The second kappa shape index (κ2) is 37.0. The van der Waals surface area contributed by atoms with Crippen LogP contribution in [0.4, 0.5) is 0 Å². The van der Waals surface area contributed by atoms with Crippen molar-refractivity contribution >= 4 is 0 Å². The molecule has 1 aromatic carbocycles. The molecule has 3 aliphatic rings. The predicted octanol–water partition coefficient (Wildman–Crippen LogP) is 14.3. The van der Waals surface area contributed by atoms with E-state index in [0.717, 1.165) is 163 Å². The van der Waals surface area contributed by atoms with Crippen molar-refractivity contribution < 1.29 is 33.2 Å². The van der Waals surface area contributed by atoms with Gasteiger partial charge in [-0.2, -0.15) is 0 Å². The molecule has 0 spiro atoms. The van der Waals surface area contributed by atoms with Gasteiger partial charge in [0.15, 0.2) is 0 Å². The van der Waals surface area contributed by atoms with E-state index in [0.29, 0.717) is 64.5 Å². The molecule has 14 nitrogen and oxygen atoms in total. The zero-order valence-electron chi connectivity index (χ0n) is 64.1. The Bertz CT molecular complexity index is 2120. The Labute approximate surface area is 562 Å². The molecular weight excluding hydrogens is 1130 g/mol. The Hall–Kier alpha value is -1.34. The first kappa shape index (κ1) is 82.1. The van der Waals surface area contributed by atoms with E-state index in [1.54, 1.807) is 0 Å². The van der Waals surface area contributed by atoms with Crippen molar-refractivity contribution in [1.82, 2.24) is 35.6 Å². The van der Waals surface area contributed by atoms with E-state index in [2.05, 4.69) is 226 Å². The summed E-state index contributed by atoms with van der Waals surface area (Å²) >= 11 is 0. The van der Waals surface area contributed by atoms with Gasteiger partial charge in [-0.05, 0) is 205 Å². The van der Waals surface area contributed by atoms with Crippen LogP contribution >= 0.6 is 0 Å². The third kappa shape index (κ3) is 32.7. The van der Waals surface area contributed by atoms with Gasteiger partial charge in [-0.1, -0.05) is 107 Å². The van der Waals surface area contributed by atoms with Crippen molar-refractivity contribution in [3.05, 3.63) is 35.4 Å². The monoisotopic (exact) mass is 1280 g/mol. The highest BCUT2D eigenvalue weighted by Crippen LogP contribution is 2.46. The van der Waals surface area contributed by atoms with Gasteiger partial charge in [0.25, 0.3) is 0 Å². The summed E-state index contributed by atoms with van der Waals surface area (Å²) in [5, 5.41) is 11.4. The second-order valence-corrected chi connectivity index (χ2v) is 36.4. The topological polar surface area (TPSA) is 114 Å². The van der Waals surface area contributed by atoms with Crippen LogP contribution < -0.4 is 16.0 Å². The molecule has 1 aromatic rings. The van der Waals surface area contributed by atoms with Crippen LogP contribution in [0.1, 0.15) is 242 Å². The van der Waals surface area contributed by atoms with Crippen LogP contribution in [0.5, 0.6) is 0 Å². The summed E-state index contributed by atoms with van der Waals surface area (Å²) in [5.74, 6) is 0. The SMILES string of the molecule is CC(C)(C)COCCCOC1CN(C(C)(C)CCC(C)(C)N[C@H]2C[C@@H](OCCOCC(C)(C)C(C)(C)[C@@H](CCC(C)(C)CCN3CCN(CCN(C(C)(C)C)C(C)(C)NCCCOCc4cccc(CC(C)(C)C)c4)CC3)OCCCOCCNC(C)(C)C)C2)C1. The molecule has 0 radical (unpaired) electrons. The maximum absolute atomic E-state index is 6.98. The van der Waals surface area contributed by atoms with E-state index in [4.69, 9.17) is 33.2 Å². The predicted molar refractivity (Wildman–Crippen MR) is 384 cm³/mol. The number of rotatable bonds is 46. The van der Waals surface area contributed by atoms with Crippen molar-refractivity contribution in [2.24, 2.45) is 27.1 Å². The Kier molecular flexibility index (Phi) is 33.4. The third-order valence-corrected chi connectivity index (χ3v) is 20.1. The minimum absolute atomic E-state index is 0.0316. The Balaban J connectivity index is 1.16. The van der Waals surface area contributed by atoms with Crippen LogP contribution in [0.25, 0.3) is 0 Å². The first-order valence-corrected chi connectivity index (χ1v) is 36.5. The van der Waals surface area contributed by atoms with E-state index in [1.807, 2.05) is 0 Å². The molecule has 4 rings (SSSR count). The minimum atomic E-state index is -0.141. The largest absolute Gasteiger partial charge is 0.381 e. The van der Waals surface area contributed by atoms with Gasteiger partial charge < -0.3 is 48.7 Å². The van der Waals surface area contributed by atoms with Crippen LogP contribution in [0.2, 0.25) is 0 Å². The second-order valence-electron chi connectivity index (χ2n) is 36.4. The van der Waals surface area contributed by atoms with Crippen LogP contribution in [0.3, 0.4) is 0 Å². The van der Waals surface area contributed by atoms with Crippen molar-refractivity contribution in [3.63, 3.8) is 0 Å². The molecule has 0 amide bonds. The summed E-state index contributed by atoms with van der Waals surface area (Å²) < 4.78 is 44.1. The number of nitrogens with one attached hydrogen (secondary N) is 3. The molecule has 0 bridgehead atoms. The zero-order chi connectivity index (χ0) is 68.0. The maximum atomic E-state index is 6.98. The molecule has 0 unspecified atom stereocenters. The smallest absolute Gasteiger partial charge is 0.0829 e. The van der Waals surface area contributed by atoms with Gasteiger partial charge in [0.2, 0.25) is 0 Å². The summed E-state index contributed by atoms with van der Waals surface area (Å²) in [6.45, 7) is 75.4. The highest BCUT2D eigenvalue weighted by Gasteiger charge is 2.45. The first-order valence-electron chi connectivity index (χ1n) is 36.5. The number of ether oxygens (including phenoxy) is 7. The van der Waals surface area contributed by atoms with Crippen molar-refractivity contribution in [1.29, 1.82) is 0 Å². The normalized spacial score (nSPS) is 19.2. The maximum Gasteiger partial charge on any atom is 0.0829 e. The van der Waals surface area contributed by atoms with Crippen LogP contribution in [-0.2, 0) is 46.2 Å². The number of piperazine rings is 1. The molecule has 2 aliphatic heterocycles. The fourth-order valence-electron chi connectivity index (χ4n) is 13.2. The van der Waals surface area contributed by atoms with Gasteiger partial charge in [0.1, 0.15) is 0 Å². The van der Waals surface area contributed by atoms with Gasteiger partial charge in [-0.25, -0.2) is 0 Å². The molecule has 1 atom stereocenters. The Morgan fingerprint density at radius 1 is 0.549 bits per heavy atom. The number of nitrogens with zero attached hydrogens (tertiary/aromatic N) is 4. The molecule has 1 aliphatic carbocycles. The van der Waals surface area contributed by atoms with E-state index in [1.165, 1.54) is 17.5 Å². The number of hydrogen-bond donors (Lipinski definition) is 3. The minimum Gasteiger partial charge on any atom is -0.381 e. The van der Waals surface area contributed by atoms with Gasteiger partial charge in [-0.3, -0.25) is 20.0 Å². The molecule has 2 heterocycles. The lowest BCUT2D eigenvalue weighted by molar-refractivity contribution is -0.121. The lowest BCUT2D eigenvalue weighted by atomic mass is 9.63. The molecule has 14 heteroatoms. The molecule has 3 N–H and O–H groups in total. The average Bonchev–Trinajstić information content (AvgIpc) is 0.976. The average molecular weight is 1290 g/mol. The van der Waals surface area contributed by atoms with Gasteiger partial charge in [-0.15, -0.1) is 0 Å². The molecular formula is C77H149N7O7. The number of likely N-dealkylation sites (tertiary alicyclic amines) is 1. The molecule has 2 saturated heterocycles. The lowest BCUT2D eigenvalue weighted by Crippen LogP contribution is -2.63. The highest BCUT2D eigenvalue weighted by atomic mass is 16.5. The number of hydrogen-bond acceptors (Lipinski definition) is 14. The quantitative estimate of drug-likeness (QED) is 0.0425. The van der Waals surface area contributed by atoms with Crippen LogP contribution in [0, 0.1) is 27.1 Å². The van der Waals surface area contributed by atoms with Crippen molar-refractivity contribution in [3.8, 4) is 0 Å². The molecule has 91 heavy (non-hydrogen) atoms. The van der Waals surface area contributed by atoms with E-state index >= 15 is 0 Å². The van der Waals surface area contributed by atoms with Crippen molar-refractivity contribution in [2.75, 3.05) is 138 Å². The molecule has 534 valence electrons. The lowest BCUT2D eigenvalue weighted by Gasteiger charge is -2.50. The fraction of sp³-hybridized carbons (Fsp3) is 0.922. The van der Waals surface area contributed by atoms with Gasteiger partial charge >= 0.3 is 0 Å². The Morgan fingerprint density at radius 3 is 1.79 bits per heavy atom. The number of benzene rings is 1. The fourth-order valence-corrected chi connectivity index (χ4v) is 13.2. The summed E-state index contributed by atoms with van der Waals surface area (Å²) in [6, 6.07) is 9.41. The third-order valence-electron chi connectivity index (χ3n) is 20.1. The van der Waals surface area contributed by atoms with Gasteiger partial charge in [0, 0.05) is 120 Å². The summed E-state index contributed by atoms with van der Waals surface area (Å²) in [5.41, 5.74) is 3.27. The standard InChI is InChI=1S/C77H149N7O7/c1-68(2,3)56-62-29-25-30-63(53-62)59-86-45-26-36-79-77(23,24)84(71(10,11)12)44-43-82-41-39-81(40-42-82)38-35-72(13,14)32-31-67(91-49-27-46-85-50-37-78-70(7,8)9)76(21,22)73(15,16)61-88-51-52-90-65-54-64(55-65)80-74(17,18)33-34-75(19,20)83-57-66(58-83)89-48-28-47-87-60-69(4,5)6/h25,29-30,53,64-67,78-80H,26-28,31-52,54-61H2,1-24H3/t64-,65+,67-/m1/s1. The summed E-state index contributed by atoms with van der Waals surface area (Å²) in [7, 11) is 0. The highest BCUT2D eigenvalue weighted by molar-refractivity contribution is 5.24. The van der Waals surface area contributed by atoms with Crippen LogP contribution in [-0.4, -0.2) is 210 Å². The summed E-state index contributed by atoms with van der Waals surface area (Å²) in [6.07, 6.45) is 12.3. The first-order chi connectivity index (χ1) is 42.1. The molecule has 0 aromatic heterocycles. The van der Waals surface area contributed by atoms with Crippen LogP contribution in [0.15, 0.2) is 24.3 Å². The van der Waals surface area contributed by atoms with E-state index in [-0.39, 0.29) is 61.0 Å². The van der Waals surface area contributed by atoms with E-state index < -0.39 is 0 Å². The molecule has 1 saturated carbocycles. The van der Waals surface area contributed by atoms with Crippen molar-refractivity contribution in [2.45, 2.75) is 296 Å². The summed E-state index contributed by atoms with van der Waals surface area (Å²) in [4.78, 5) is 10.7. The van der Waals surface area contributed by atoms with E-state index in [9.17, 15) is 0 Å². The van der Waals surface area contributed by atoms with Gasteiger partial charge in [0.05, 0.1) is 63.6 Å².